The maximum atomic E-state index is 16.6. The zero-order valence-electron chi connectivity index (χ0n) is 19.4. The average molecular weight is 508 g/mol. The largest absolute Gasteiger partial charge is 0.456 e. The van der Waals surface area contributed by atoms with Gasteiger partial charge in [0, 0.05) is 11.1 Å². The van der Waals surface area contributed by atoms with Crippen LogP contribution in [0.3, 0.4) is 0 Å². The number of nitrogens with zero attached hydrogens (tertiary/aromatic N) is 5. The fourth-order valence-electron chi connectivity index (χ4n) is 3.96. The monoisotopic (exact) mass is 508 g/mol. The number of ether oxygens (including phenoxy) is 3. The Balaban J connectivity index is 1.75. The Morgan fingerprint density at radius 1 is 1.14 bits per heavy atom. The molecular formula is C24H21FN6O6. The molecule has 0 radical (unpaired) electrons. The van der Waals surface area contributed by atoms with E-state index in [1.807, 2.05) is 0 Å². The molecule has 2 N–H and O–H groups in total. The van der Waals surface area contributed by atoms with Crippen molar-refractivity contribution in [3.8, 4) is 0 Å². The minimum atomic E-state index is -3.04. The van der Waals surface area contributed by atoms with E-state index in [1.54, 1.807) is 36.4 Å². The zero-order valence-corrected chi connectivity index (χ0v) is 19.4. The molecule has 1 saturated heterocycles. The van der Waals surface area contributed by atoms with Gasteiger partial charge >= 0.3 is 17.6 Å². The Morgan fingerprint density at radius 2 is 1.73 bits per heavy atom. The molecule has 0 aliphatic carbocycles. The number of azide groups is 1. The predicted molar refractivity (Wildman–Crippen MR) is 127 cm³/mol. The second-order valence-electron chi connectivity index (χ2n) is 8.31. The van der Waals surface area contributed by atoms with Crippen molar-refractivity contribution < 1.29 is 28.2 Å². The van der Waals surface area contributed by atoms with Gasteiger partial charge in [-0.3, -0.25) is 4.57 Å². The highest BCUT2D eigenvalue weighted by Gasteiger charge is 2.67. The molecule has 13 heteroatoms. The molecule has 4 rings (SSSR count). The molecule has 1 aliphatic rings. The third-order valence-electron chi connectivity index (χ3n) is 5.74. The van der Waals surface area contributed by atoms with E-state index >= 15 is 4.39 Å². The molecule has 12 nitrogen and oxygen atoms in total. The van der Waals surface area contributed by atoms with Gasteiger partial charge in [-0.05, 0) is 42.8 Å². The fourth-order valence-corrected chi connectivity index (χ4v) is 3.96. The van der Waals surface area contributed by atoms with Gasteiger partial charge in [0.25, 0.3) is 5.85 Å². The van der Waals surface area contributed by atoms with Crippen molar-refractivity contribution in [2.45, 2.75) is 30.6 Å². The summed E-state index contributed by atoms with van der Waals surface area (Å²) >= 11 is 0. The summed E-state index contributed by atoms with van der Waals surface area (Å²) in [5, 5.41) is 3.66. The lowest BCUT2D eigenvalue weighted by Gasteiger charge is -2.31. The van der Waals surface area contributed by atoms with E-state index in [2.05, 4.69) is 15.0 Å². The maximum Gasteiger partial charge on any atom is 0.351 e. The van der Waals surface area contributed by atoms with E-state index in [0.717, 1.165) is 10.8 Å². The third-order valence-corrected chi connectivity index (χ3v) is 5.74. The molecule has 0 spiro atoms. The zero-order chi connectivity index (χ0) is 26.6. The lowest BCUT2D eigenvalue weighted by atomic mass is 9.91. The molecule has 0 amide bonds. The molecule has 1 aromatic heterocycles. The van der Waals surface area contributed by atoms with Crippen molar-refractivity contribution in [2.24, 2.45) is 5.11 Å². The molecule has 0 unspecified atom stereocenters. The van der Waals surface area contributed by atoms with E-state index < -0.39 is 48.0 Å². The smallest absolute Gasteiger partial charge is 0.351 e. The molecule has 1 fully saturated rings. The van der Waals surface area contributed by atoms with Gasteiger partial charge in [0.1, 0.15) is 11.4 Å². The number of hydrogen-bond acceptors (Lipinski definition) is 9. The van der Waals surface area contributed by atoms with Crippen molar-refractivity contribution in [1.29, 1.82) is 0 Å². The summed E-state index contributed by atoms with van der Waals surface area (Å²) in [6, 6.07) is 16.7. The Bertz CT molecular complexity index is 1410. The Hall–Kier alpha value is -4.74. The quantitative estimate of drug-likeness (QED) is 0.219. The number of esters is 2. The summed E-state index contributed by atoms with van der Waals surface area (Å²) in [7, 11) is 0. The van der Waals surface area contributed by atoms with Crippen LogP contribution in [-0.2, 0) is 14.2 Å². The Labute approximate surface area is 209 Å². The van der Waals surface area contributed by atoms with Crippen LogP contribution in [0.15, 0.2) is 82.8 Å². The molecule has 4 atom stereocenters. The number of nitrogen functional groups attached to an aromatic ring is 1. The number of alkyl halides is 1. The van der Waals surface area contributed by atoms with Crippen LogP contribution in [0.4, 0.5) is 10.2 Å². The number of nitrogens with two attached hydrogens (primary N) is 1. The van der Waals surface area contributed by atoms with Crippen molar-refractivity contribution in [3.63, 3.8) is 0 Å². The van der Waals surface area contributed by atoms with E-state index in [9.17, 15) is 19.9 Å². The van der Waals surface area contributed by atoms with Crippen molar-refractivity contribution in [1.82, 2.24) is 9.55 Å². The van der Waals surface area contributed by atoms with E-state index in [0.29, 0.717) is 0 Å². The van der Waals surface area contributed by atoms with Gasteiger partial charge in [-0.2, -0.15) is 4.98 Å². The van der Waals surface area contributed by atoms with Gasteiger partial charge in [-0.1, -0.05) is 41.5 Å². The van der Waals surface area contributed by atoms with Crippen molar-refractivity contribution >= 4 is 17.8 Å². The molecule has 1 aliphatic heterocycles. The number of benzene rings is 2. The summed E-state index contributed by atoms with van der Waals surface area (Å²) in [4.78, 5) is 44.4. The normalized spacial score (nSPS) is 24.6. The molecular weight excluding hydrogens is 487 g/mol. The standard InChI is InChI=1S/C24H21FN6O6/c1-23(29-30-27)20(36-19(33)16-10-6-3-7-11-16)24(25,14-35-18(32)15-8-4-2-5-9-15)37-21(23)31-13-12-17(26)28-22(31)34/h2-13,20-21H,14H2,1H3,(H2,26,28,34)/t20-,21+,23+,24+/m0/s1. The highest BCUT2D eigenvalue weighted by atomic mass is 19.2. The van der Waals surface area contributed by atoms with Gasteiger partial charge in [0.05, 0.1) is 11.1 Å². The first-order valence-corrected chi connectivity index (χ1v) is 10.9. The fraction of sp³-hybridized carbons (Fsp3) is 0.250. The first-order valence-electron chi connectivity index (χ1n) is 10.9. The van der Waals surface area contributed by atoms with Gasteiger partial charge in [-0.15, -0.1) is 0 Å². The predicted octanol–water partition coefficient (Wildman–Crippen LogP) is 3.17. The molecule has 0 saturated carbocycles. The average Bonchev–Trinajstić information content (AvgIpc) is 3.10. The second-order valence-corrected chi connectivity index (χ2v) is 8.31. The van der Waals surface area contributed by atoms with Crippen molar-refractivity contribution in [2.75, 3.05) is 12.3 Å². The van der Waals surface area contributed by atoms with Gasteiger partial charge in [0.2, 0.25) is 0 Å². The first-order chi connectivity index (χ1) is 17.7. The highest BCUT2D eigenvalue weighted by Crippen LogP contribution is 2.49. The molecule has 2 heterocycles. The summed E-state index contributed by atoms with van der Waals surface area (Å²) < 4.78 is 33.6. The van der Waals surface area contributed by atoms with Crippen LogP contribution in [0.2, 0.25) is 0 Å². The summed E-state index contributed by atoms with van der Waals surface area (Å²) in [6.07, 6.45) is -2.45. The minimum absolute atomic E-state index is 0.0733. The maximum absolute atomic E-state index is 16.6. The molecule has 2 aromatic carbocycles. The molecule has 37 heavy (non-hydrogen) atoms. The van der Waals surface area contributed by atoms with Gasteiger partial charge < -0.3 is 19.9 Å². The van der Waals surface area contributed by atoms with Crippen LogP contribution in [0.5, 0.6) is 0 Å². The molecule has 3 aromatic rings. The van der Waals surface area contributed by atoms with Crippen LogP contribution in [0, 0.1) is 0 Å². The van der Waals surface area contributed by atoms with Crippen LogP contribution in [0.25, 0.3) is 10.4 Å². The van der Waals surface area contributed by atoms with E-state index in [4.69, 9.17) is 19.9 Å². The number of anilines is 1. The van der Waals surface area contributed by atoms with Gasteiger partial charge in [0.15, 0.2) is 18.9 Å². The molecule has 0 bridgehead atoms. The highest BCUT2D eigenvalue weighted by molar-refractivity contribution is 5.90. The number of rotatable bonds is 7. The van der Waals surface area contributed by atoms with Crippen LogP contribution >= 0.6 is 0 Å². The van der Waals surface area contributed by atoms with E-state index in [-0.39, 0.29) is 16.9 Å². The number of carbonyl (C=O) groups is 2. The van der Waals surface area contributed by atoms with Crippen molar-refractivity contribution in [3.05, 3.63) is 105 Å². The first kappa shape index (κ1) is 25.4. The van der Waals surface area contributed by atoms with Crippen LogP contribution < -0.4 is 11.4 Å². The number of halogens is 1. The molecule has 190 valence electrons. The Kier molecular flexibility index (Phi) is 6.92. The summed E-state index contributed by atoms with van der Waals surface area (Å²) in [5.74, 6) is -4.99. The van der Waals surface area contributed by atoms with Gasteiger partial charge in [-0.25, -0.2) is 18.8 Å². The van der Waals surface area contributed by atoms with E-state index in [1.165, 1.54) is 37.3 Å². The Morgan fingerprint density at radius 3 is 2.30 bits per heavy atom. The number of hydrogen-bond donors (Lipinski definition) is 1. The minimum Gasteiger partial charge on any atom is -0.456 e. The summed E-state index contributed by atoms with van der Waals surface area (Å²) in [5.41, 5.74) is 12.1. The summed E-state index contributed by atoms with van der Waals surface area (Å²) in [6.45, 7) is 0.182. The lowest BCUT2D eigenvalue weighted by Crippen LogP contribution is -2.51. The third kappa shape index (κ3) is 4.99. The number of aromatic nitrogens is 2. The lowest BCUT2D eigenvalue weighted by molar-refractivity contribution is -0.208. The number of carbonyl (C=O) groups excluding carboxylic acids is 2. The van der Waals surface area contributed by atoms with Crippen LogP contribution in [0.1, 0.15) is 33.9 Å². The SMILES string of the molecule is C[C@]1(N=[N+]=[N-])[C@H](n2ccc(N)nc2=O)O[C@](F)(COC(=O)c2ccccc2)[C@H]1OC(=O)c1ccccc1. The van der Waals surface area contributed by atoms with Crippen LogP contribution in [-0.4, -0.2) is 45.6 Å². The topological polar surface area (TPSA) is 172 Å². The second kappa shape index (κ2) is 10.1.